The number of rotatable bonds is 3. The van der Waals surface area contributed by atoms with Crippen molar-refractivity contribution in [1.29, 1.82) is 0 Å². The van der Waals surface area contributed by atoms with Crippen molar-refractivity contribution in [3.05, 3.63) is 35.4 Å². The number of hydrogen-bond donors (Lipinski definition) is 1. The highest BCUT2D eigenvalue weighted by molar-refractivity contribution is 5.22. The van der Waals surface area contributed by atoms with Gasteiger partial charge in [0.05, 0.1) is 6.61 Å². The second kappa shape index (κ2) is 7.57. The summed E-state index contributed by atoms with van der Waals surface area (Å²) in [5.41, 5.74) is 2.34. The molecule has 1 rings (SSSR count). The first-order valence-electron chi connectivity index (χ1n) is 5.41. The SMILES string of the molecule is CC.CC(C)Cc1ccc(CO)cc1. The van der Waals surface area contributed by atoms with Gasteiger partial charge in [0.2, 0.25) is 0 Å². The molecule has 0 unspecified atom stereocenters. The fourth-order valence-corrected chi connectivity index (χ4v) is 1.25. The molecule has 0 radical (unpaired) electrons. The maximum atomic E-state index is 8.81. The second-order valence-corrected chi connectivity index (χ2v) is 3.57. The van der Waals surface area contributed by atoms with E-state index in [1.807, 2.05) is 26.0 Å². The lowest BCUT2D eigenvalue weighted by Gasteiger charge is -2.04. The predicted octanol–water partition coefficient (Wildman–Crippen LogP) is 3.40. The van der Waals surface area contributed by atoms with E-state index in [1.165, 1.54) is 5.56 Å². The van der Waals surface area contributed by atoms with Crippen molar-refractivity contribution in [3.63, 3.8) is 0 Å². The highest BCUT2D eigenvalue weighted by atomic mass is 16.3. The van der Waals surface area contributed by atoms with Crippen LogP contribution in [0.3, 0.4) is 0 Å². The third-order valence-electron chi connectivity index (χ3n) is 1.85. The largest absolute Gasteiger partial charge is 0.392 e. The summed E-state index contributed by atoms with van der Waals surface area (Å²) in [6, 6.07) is 8.15. The van der Waals surface area contributed by atoms with E-state index >= 15 is 0 Å². The van der Waals surface area contributed by atoms with Gasteiger partial charge >= 0.3 is 0 Å². The summed E-state index contributed by atoms with van der Waals surface area (Å²) in [4.78, 5) is 0. The summed E-state index contributed by atoms with van der Waals surface area (Å²) in [6.07, 6.45) is 1.12. The Hall–Kier alpha value is -0.820. The molecule has 80 valence electrons. The Morgan fingerprint density at radius 1 is 1.00 bits per heavy atom. The van der Waals surface area contributed by atoms with Gasteiger partial charge in [0.25, 0.3) is 0 Å². The van der Waals surface area contributed by atoms with Gasteiger partial charge in [-0.1, -0.05) is 52.0 Å². The monoisotopic (exact) mass is 194 g/mol. The molecule has 1 N–H and O–H groups in total. The molecule has 1 aromatic carbocycles. The van der Waals surface area contributed by atoms with Gasteiger partial charge in [-0.2, -0.15) is 0 Å². The van der Waals surface area contributed by atoms with E-state index < -0.39 is 0 Å². The molecule has 0 aromatic heterocycles. The first kappa shape index (κ1) is 13.2. The van der Waals surface area contributed by atoms with Crippen molar-refractivity contribution in [3.8, 4) is 0 Å². The van der Waals surface area contributed by atoms with Crippen LogP contribution in [0.4, 0.5) is 0 Å². The predicted molar refractivity (Wildman–Crippen MR) is 62.3 cm³/mol. The van der Waals surface area contributed by atoms with E-state index in [2.05, 4.69) is 26.0 Å². The molecule has 14 heavy (non-hydrogen) atoms. The van der Waals surface area contributed by atoms with Crippen LogP contribution in [0.25, 0.3) is 0 Å². The zero-order valence-electron chi connectivity index (χ0n) is 9.75. The fourth-order valence-electron chi connectivity index (χ4n) is 1.25. The normalized spacial score (nSPS) is 9.57. The second-order valence-electron chi connectivity index (χ2n) is 3.57. The maximum absolute atomic E-state index is 8.81. The molecule has 0 atom stereocenters. The topological polar surface area (TPSA) is 20.2 Å². The lowest BCUT2D eigenvalue weighted by molar-refractivity contribution is 0.282. The third kappa shape index (κ3) is 5.03. The van der Waals surface area contributed by atoms with Crippen molar-refractivity contribution >= 4 is 0 Å². The van der Waals surface area contributed by atoms with Gasteiger partial charge in [-0.05, 0) is 23.5 Å². The molecule has 0 aliphatic rings. The van der Waals surface area contributed by atoms with Gasteiger partial charge in [0.1, 0.15) is 0 Å². The lowest BCUT2D eigenvalue weighted by Crippen LogP contribution is -1.94. The Morgan fingerprint density at radius 2 is 1.43 bits per heavy atom. The number of benzene rings is 1. The summed E-state index contributed by atoms with van der Waals surface area (Å²) >= 11 is 0. The van der Waals surface area contributed by atoms with Gasteiger partial charge in [-0.25, -0.2) is 0 Å². The minimum Gasteiger partial charge on any atom is -0.392 e. The van der Waals surface area contributed by atoms with Crippen LogP contribution in [0.15, 0.2) is 24.3 Å². The van der Waals surface area contributed by atoms with E-state index in [0.717, 1.165) is 12.0 Å². The molecule has 0 bridgehead atoms. The highest BCUT2D eigenvalue weighted by Crippen LogP contribution is 2.09. The highest BCUT2D eigenvalue weighted by Gasteiger charge is 1.96. The van der Waals surface area contributed by atoms with Crippen LogP contribution < -0.4 is 0 Å². The van der Waals surface area contributed by atoms with Gasteiger partial charge < -0.3 is 5.11 Å². The lowest BCUT2D eigenvalue weighted by atomic mass is 10.0. The van der Waals surface area contributed by atoms with E-state index in [-0.39, 0.29) is 6.61 Å². The van der Waals surface area contributed by atoms with Gasteiger partial charge in [0, 0.05) is 0 Å². The van der Waals surface area contributed by atoms with Crippen LogP contribution in [0.2, 0.25) is 0 Å². The van der Waals surface area contributed by atoms with Crippen molar-refractivity contribution in [2.24, 2.45) is 5.92 Å². The smallest absolute Gasteiger partial charge is 0.0681 e. The van der Waals surface area contributed by atoms with Crippen molar-refractivity contribution in [2.75, 3.05) is 0 Å². The average molecular weight is 194 g/mol. The first-order valence-corrected chi connectivity index (χ1v) is 5.41. The summed E-state index contributed by atoms with van der Waals surface area (Å²) in [7, 11) is 0. The summed E-state index contributed by atoms with van der Waals surface area (Å²) in [5.74, 6) is 0.699. The molecule has 0 heterocycles. The summed E-state index contributed by atoms with van der Waals surface area (Å²) in [5, 5.41) is 8.81. The number of hydrogen-bond acceptors (Lipinski definition) is 1. The fraction of sp³-hybridized carbons (Fsp3) is 0.538. The number of aliphatic hydroxyl groups excluding tert-OH is 1. The molecular formula is C13H22O. The molecule has 0 aliphatic heterocycles. The molecule has 0 amide bonds. The molecule has 0 aliphatic carbocycles. The Labute approximate surface area is 87.8 Å². The van der Waals surface area contributed by atoms with Crippen LogP contribution in [-0.2, 0) is 13.0 Å². The van der Waals surface area contributed by atoms with Gasteiger partial charge in [-0.3, -0.25) is 0 Å². The maximum Gasteiger partial charge on any atom is 0.0681 e. The third-order valence-corrected chi connectivity index (χ3v) is 1.85. The Bertz CT molecular complexity index is 223. The molecule has 0 fully saturated rings. The Kier molecular flexibility index (Phi) is 7.13. The molecule has 0 spiro atoms. The zero-order valence-corrected chi connectivity index (χ0v) is 9.75. The standard InChI is InChI=1S/C11H16O.C2H6/c1-9(2)7-10-3-5-11(8-12)6-4-10;1-2/h3-6,9,12H,7-8H2,1-2H3;1-2H3. The minimum atomic E-state index is 0.141. The molecular weight excluding hydrogens is 172 g/mol. The van der Waals surface area contributed by atoms with Crippen LogP contribution in [0.5, 0.6) is 0 Å². The molecule has 0 saturated heterocycles. The van der Waals surface area contributed by atoms with Crippen LogP contribution in [0, 0.1) is 5.92 Å². The summed E-state index contributed by atoms with van der Waals surface area (Å²) in [6.45, 7) is 8.56. The van der Waals surface area contributed by atoms with E-state index in [9.17, 15) is 0 Å². The van der Waals surface area contributed by atoms with Crippen LogP contribution in [-0.4, -0.2) is 5.11 Å². The Morgan fingerprint density at radius 3 is 1.79 bits per heavy atom. The molecule has 0 saturated carbocycles. The van der Waals surface area contributed by atoms with Gasteiger partial charge in [0.15, 0.2) is 0 Å². The molecule has 1 nitrogen and oxygen atoms in total. The van der Waals surface area contributed by atoms with E-state index in [4.69, 9.17) is 5.11 Å². The van der Waals surface area contributed by atoms with E-state index in [1.54, 1.807) is 0 Å². The Balaban J connectivity index is 0.000000791. The number of aliphatic hydroxyl groups is 1. The molecule has 1 heteroatoms. The van der Waals surface area contributed by atoms with Crippen LogP contribution in [0.1, 0.15) is 38.8 Å². The summed E-state index contributed by atoms with van der Waals surface area (Å²) < 4.78 is 0. The molecule has 1 aromatic rings. The zero-order chi connectivity index (χ0) is 11.0. The van der Waals surface area contributed by atoms with Gasteiger partial charge in [-0.15, -0.1) is 0 Å². The average Bonchev–Trinajstić information content (AvgIpc) is 2.21. The first-order chi connectivity index (χ1) is 6.72. The quantitative estimate of drug-likeness (QED) is 0.782. The minimum absolute atomic E-state index is 0.141. The van der Waals surface area contributed by atoms with Crippen LogP contribution >= 0.6 is 0 Å². The van der Waals surface area contributed by atoms with Crippen molar-refractivity contribution < 1.29 is 5.11 Å². The van der Waals surface area contributed by atoms with E-state index in [0.29, 0.717) is 5.92 Å². The van der Waals surface area contributed by atoms with Crippen molar-refractivity contribution in [1.82, 2.24) is 0 Å². The van der Waals surface area contributed by atoms with Crippen molar-refractivity contribution in [2.45, 2.75) is 40.7 Å².